The van der Waals surface area contributed by atoms with Crippen molar-refractivity contribution in [1.29, 1.82) is 0 Å². The molecule has 0 spiro atoms. The number of imidazole rings is 1. The molecule has 0 aliphatic heterocycles. The highest BCUT2D eigenvalue weighted by molar-refractivity contribution is 7.16. The van der Waals surface area contributed by atoms with Crippen LogP contribution in [0.1, 0.15) is 38.2 Å². The summed E-state index contributed by atoms with van der Waals surface area (Å²) in [5.41, 5.74) is 3.05. The van der Waals surface area contributed by atoms with E-state index in [1.807, 2.05) is 36.4 Å². The van der Waals surface area contributed by atoms with Crippen LogP contribution in [0.4, 0.5) is 0 Å². The lowest BCUT2D eigenvalue weighted by molar-refractivity contribution is 0.0687. The lowest BCUT2D eigenvalue weighted by Gasteiger charge is -2.16. The standard InChI is InChI=1S/C20H17N3O2S/c1-13-18(19(24)25)23-20(21-13)26-17(22-23)12-16(14-8-4-2-5-9-14)15-10-6-3-7-11-15/h2-11,16H,12H2,1H3,(H,24,25). The fraction of sp³-hybridized carbons (Fsp3) is 0.150. The molecule has 2 aromatic carbocycles. The zero-order chi connectivity index (χ0) is 18.1. The Balaban J connectivity index is 1.75. The van der Waals surface area contributed by atoms with Gasteiger partial charge in [0, 0.05) is 12.3 Å². The molecular weight excluding hydrogens is 346 g/mol. The van der Waals surface area contributed by atoms with E-state index >= 15 is 0 Å². The second-order valence-electron chi connectivity index (χ2n) is 6.12. The average Bonchev–Trinajstić information content (AvgIpc) is 3.16. The fourth-order valence-electron chi connectivity index (χ4n) is 3.19. The molecule has 0 aliphatic carbocycles. The Hall–Kier alpha value is -2.99. The van der Waals surface area contributed by atoms with E-state index in [2.05, 4.69) is 34.3 Å². The van der Waals surface area contributed by atoms with Crippen LogP contribution < -0.4 is 0 Å². The normalized spacial score (nSPS) is 11.3. The van der Waals surface area contributed by atoms with Gasteiger partial charge in [-0.2, -0.15) is 9.61 Å². The SMILES string of the molecule is Cc1nc2sc(CC(c3ccccc3)c3ccccc3)nn2c1C(=O)O. The van der Waals surface area contributed by atoms with Gasteiger partial charge in [0.15, 0.2) is 5.69 Å². The Bertz CT molecular complexity index is 1020. The number of benzene rings is 2. The zero-order valence-corrected chi connectivity index (χ0v) is 15.0. The van der Waals surface area contributed by atoms with Crippen molar-refractivity contribution in [2.75, 3.05) is 0 Å². The molecule has 0 fully saturated rings. The van der Waals surface area contributed by atoms with Crippen LogP contribution in [0.15, 0.2) is 60.7 Å². The molecule has 4 rings (SSSR count). The van der Waals surface area contributed by atoms with Crippen molar-refractivity contribution in [2.24, 2.45) is 0 Å². The summed E-state index contributed by atoms with van der Waals surface area (Å²) in [6, 6.07) is 20.6. The van der Waals surface area contributed by atoms with Crippen LogP contribution in [-0.2, 0) is 6.42 Å². The molecule has 0 bridgehead atoms. The second-order valence-corrected chi connectivity index (χ2v) is 7.16. The van der Waals surface area contributed by atoms with E-state index in [0.717, 1.165) is 5.01 Å². The highest BCUT2D eigenvalue weighted by Crippen LogP contribution is 2.30. The van der Waals surface area contributed by atoms with Gasteiger partial charge in [0.25, 0.3) is 0 Å². The number of rotatable bonds is 5. The van der Waals surface area contributed by atoms with E-state index in [1.165, 1.54) is 27.0 Å². The summed E-state index contributed by atoms with van der Waals surface area (Å²) < 4.78 is 1.45. The Morgan fingerprint density at radius 1 is 1.08 bits per heavy atom. The third kappa shape index (κ3) is 2.99. The average molecular weight is 363 g/mol. The van der Waals surface area contributed by atoms with Gasteiger partial charge in [-0.25, -0.2) is 9.78 Å². The van der Waals surface area contributed by atoms with Crippen molar-refractivity contribution in [3.63, 3.8) is 0 Å². The molecule has 0 aliphatic rings. The van der Waals surface area contributed by atoms with Crippen LogP contribution in [0.3, 0.4) is 0 Å². The summed E-state index contributed by atoms with van der Waals surface area (Å²) in [7, 11) is 0. The molecule has 0 radical (unpaired) electrons. The molecule has 0 atom stereocenters. The van der Waals surface area contributed by atoms with E-state index in [0.29, 0.717) is 17.1 Å². The van der Waals surface area contributed by atoms with Gasteiger partial charge >= 0.3 is 5.97 Å². The third-order valence-corrected chi connectivity index (χ3v) is 5.34. The fourth-order valence-corrected chi connectivity index (χ4v) is 4.17. The number of carboxylic acids is 1. The minimum absolute atomic E-state index is 0.137. The first kappa shape index (κ1) is 16.5. The van der Waals surface area contributed by atoms with Gasteiger partial charge in [0.2, 0.25) is 4.96 Å². The van der Waals surface area contributed by atoms with Crippen molar-refractivity contribution in [2.45, 2.75) is 19.3 Å². The van der Waals surface area contributed by atoms with Crippen molar-refractivity contribution in [3.8, 4) is 0 Å². The molecule has 2 aromatic heterocycles. The lowest BCUT2D eigenvalue weighted by Crippen LogP contribution is -2.07. The van der Waals surface area contributed by atoms with E-state index in [9.17, 15) is 9.90 Å². The molecule has 0 unspecified atom stereocenters. The van der Waals surface area contributed by atoms with Crippen LogP contribution in [0, 0.1) is 6.92 Å². The maximum absolute atomic E-state index is 11.5. The number of carbonyl (C=O) groups is 1. The van der Waals surface area contributed by atoms with Crippen LogP contribution in [0.25, 0.3) is 4.96 Å². The van der Waals surface area contributed by atoms with Crippen molar-refractivity contribution in [1.82, 2.24) is 14.6 Å². The number of hydrogen-bond donors (Lipinski definition) is 1. The molecule has 0 amide bonds. The molecule has 0 saturated heterocycles. The zero-order valence-electron chi connectivity index (χ0n) is 14.2. The first-order valence-electron chi connectivity index (χ1n) is 8.31. The summed E-state index contributed by atoms with van der Waals surface area (Å²) in [5, 5.41) is 14.8. The Morgan fingerprint density at radius 3 is 2.19 bits per heavy atom. The molecule has 6 heteroatoms. The number of carboxylic acid groups (broad SMARTS) is 1. The van der Waals surface area contributed by atoms with Crippen LogP contribution in [-0.4, -0.2) is 25.7 Å². The van der Waals surface area contributed by atoms with E-state index in [-0.39, 0.29) is 11.6 Å². The van der Waals surface area contributed by atoms with Crippen molar-refractivity contribution >= 4 is 22.3 Å². The Labute approximate surface area is 154 Å². The highest BCUT2D eigenvalue weighted by atomic mass is 32.1. The Morgan fingerprint density at radius 2 is 1.65 bits per heavy atom. The highest BCUT2D eigenvalue weighted by Gasteiger charge is 2.22. The minimum Gasteiger partial charge on any atom is -0.476 e. The second kappa shape index (κ2) is 6.72. The first-order valence-corrected chi connectivity index (χ1v) is 9.13. The maximum atomic E-state index is 11.5. The number of aromatic carboxylic acids is 1. The topological polar surface area (TPSA) is 67.5 Å². The monoisotopic (exact) mass is 363 g/mol. The molecule has 130 valence electrons. The predicted octanol–water partition coefficient (Wildman–Crippen LogP) is 4.17. The van der Waals surface area contributed by atoms with Crippen molar-refractivity contribution < 1.29 is 9.90 Å². The van der Waals surface area contributed by atoms with E-state index in [4.69, 9.17) is 0 Å². The van der Waals surface area contributed by atoms with Gasteiger partial charge in [0.05, 0.1) is 5.69 Å². The molecule has 0 saturated carbocycles. The summed E-state index contributed by atoms with van der Waals surface area (Å²) in [4.78, 5) is 16.4. The largest absolute Gasteiger partial charge is 0.476 e. The van der Waals surface area contributed by atoms with Crippen LogP contribution in [0.5, 0.6) is 0 Å². The van der Waals surface area contributed by atoms with Crippen molar-refractivity contribution in [3.05, 3.63) is 88.2 Å². The first-order chi connectivity index (χ1) is 12.6. The van der Waals surface area contributed by atoms with E-state index in [1.54, 1.807) is 6.92 Å². The summed E-state index contributed by atoms with van der Waals surface area (Å²) >= 11 is 1.44. The smallest absolute Gasteiger partial charge is 0.356 e. The van der Waals surface area contributed by atoms with Gasteiger partial charge < -0.3 is 5.11 Å². The summed E-state index contributed by atoms with van der Waals surface area (Å²) in [6.07, 6.45) is 0.695. The number of hydrogen-bond acceptors (Lipinski definition) is 4. The molecule has 2 heterocycles. The molecule has 4 aromatic rings. The van der Waals surface area contributed by atoms with E-state index < -0.39 is 5.97 Å². The number of fused-ring (bicyclic) bond motifs is 1. The van der Waals surface area contributed by atoms with Gasteiger partial charge in [-0.05, 0) is 18.1 Å². The van der Waals surface area contributed by atoms with Crippen LogP contribution in [0.2, 0.25) is 0 Å². The predicted molar refractivity (Wildman–Crippen MR) is 101 cm³/mol. The van der Waals surface area contributed by atoms with Crippen LogP contribution >= 0.6 is 11.3 Å². The number of aromatic nitrogens is 3. The summed E-state index contributed by atoms with van der Waals surface area (Å²) in [5.74, 6) is -0.850. The number of aryl methyl sites for hydroxylation is 1. The van der Waals surface area contributed by atoms with Gasteiger partial charge in [0.1, 0.15) is 5.01 Å². The number of nitrogens with zero attached hydrogens (tertiary/aromatic N) is 3. The molecule has 26 heavy (non-hydrogen) atoms. The quantitative estimate of drug-likeness (QED) is 0.578. The van der Waals surface area contributed by atoms with Gasteiger partial charge in [-0.1, -0.05) is 72.0 Å². The van der Waals surface area contributed by atoms with Gasteiger partial charge in [-0.15, -0.1) is 0 Å². The molecule has 5 nitrogen and oxygen atoms in total. The maximum Gasteiger partial charge on any atom is 0.356 e. The third-order valence-electron chi connectivity index (χ3n) is 4.40. The molecule has 1 N–H and O–H groups in total. The van der Waals surface area contributed by atoms with Gasteiger partial charge in [-0.3, -0.25) is 0 Å². The summed E-state index contributed by atoms with van der Waals surface area (Å²) in [6.45, 7) is 1.70. The minimum atomic E-state index is -1.01. The lowest BCUT2D eigenvalue weighted by atomic mass is 9.89. The molecular formula is C20H17N3O2S. The Kier molecular flexibility index (Phi) is 4.26.